The summed E-state index contributed by atoms with van der Waals surface area (Å²) < 4.78 is 0. The second-order valence-electron chi connectivity index (χ2n) is 15.8. The molecule has 0 aromatic carbocycles. The monoisotopic (exact) mass is 709 g/mol. The molecule has 3 aliphatic rings. The van der Waals surface area contributed by atoms with Crippen LogP contribution in [0, 0.1) is 17.3 Å². The molecule has 282 valence electrons. The van der Waals surface area contributed by atoms with Crippen LogP contribution in [0.15, 0.2) is 18.6 Å². The van der Waals surface area contributed by atoms with Gasteiger partial charge in [0.25, 0.3) is 11.8 Å². The van der Waals surface area contributed by atoms with Crippen LogP contribution >= 0.6 is 0 Å². The maximum atomic E-state index is 14.3. The number of aromatic nitrogens is 2. The van der Waals surface area contributed by atoms with Gasteiger partial charge in [-0.25, -0.2) is 4.98 Å². The molecule has 2 heterocycles. The Morgan fingerprint density at radius 1 is 0.824 bits per heavy atom. The number of amides is 5. The number of nitrogens with zero attached hydrogens (tertiary/aromatic N) is 3. The van der Waals surface area contributed by atoms with E-state index in [9.17, 15) is 28.8 Å². The van der Waals surface area contributed by atoms with Gasteiger partial charge in [0, 0.05) is 25.0 Å². The fourth-order valence-electron chi connectivity index (χ4n) is 7.86. The quantitative estimate of drug-likeness (QED) is 0.212. The summed E-state index contributed by atoms with van der Waals surface area (Å²) in [6, 6.07) is -3.89. The summed E-state index contributed by atoms with van der Waals surface area (Å²) in [5.74, 6) is -3.04. The van der Waals surface area contributed by atoms with Gasteiger partial charge in [-0.05, 0) is 69.1 Å². The van der Waals surface area contributed by atoms with Crippen LogP contribution in [0.5, 0.6) is 0 Å². The largest absolute Gasteiger partial charge is 0.347 e. The van der Waals surface area contributed by atoms with Gasteiger partial charge in [0.1, 0.15) is 23.8 Å². The van der Waals surface area contributed by atoms with E-state index in [0.29, 0.717) is 38.1 Å². The van der Waals surface area contributed by atoms with Crippen molar-refractivity contribution >= 4 is 35.3 Å². The van der Waals surface area contributed by atoms with Crippen LogP contribution in [-0.4, -0.2) is 86.9 Å². The molecule has 4 rings (SSSR count). The predicted molar refractivity (Wildman–Crippen MR) is 192 cm³/mol. The topological polar surface area (TPSA) is 180 Å². The molecule has 1 aromatic rings. The lowest BCUT2D eigenvalue weighted by Crippen LogP contribution is -2.62. The third-order valence-corrected chi connectivity index (χ3v) is 10.9. The van der Waals surface area contributed by atoms with Gasteiger partial charge in [0.2, 0.25) is 23.5 Å². The number of carbonyl (C=O) groups is 6. The Kier molecular flexibility index (Phi) is 14.5. The van der Waals surface area contributed by atoms with E-state index in [1.54, 1.807) is 0 Å². The molecule has 2 saturated carbocycles. The first-order valence-electron chi connectivity index (χ1n) is 19.1. The van der Waals surface area contributed by atoms with Crippen molar-refractivity contribution in [2.75, 3.05) is 6.54 Å². The Morgan fingerprint density at radius 2 is 1.47 bits per heavy atom. The summed E-state index contributed by atoms with van der Waals surface area (Å²) in [7, 11) is 0. The van der Waals surface area contributed by atoms with Crippen molar-refractivity contribution in [3.8, 4) is 0 Å². The summed E-state index contributed by atoms with van der Waals surface area (Å²) in [5, 5.41) is 11.5. The third-order valence-electron chi connectivity index (χ3n) is 10.9. The minimum atomic E-state index is -1.01. The van der Waals surface area contributed by atoms with Gasteiger partial charge in [-0.15, -0.1) is 0 Å². The van der Waals surface area contributed by atoms with Crippen LogP contribution in [-0.2, 0) is 24.0 Å². The van der Waals surface area contributed by atoms with Crippen LogP contribution in [0.3, 0.4) is 0 Å². The molecule has 3 fully saturated rings. The first-order chi connectivity index (χ1) is 24.3. The predicted octanol–water partition coefficient (Wildman–Crippen LogP) is 3.62. The molecule has 4 N–H and O–H groups in total. The van der Waals surface area contributed by atoms with Crippen molar-refractivity contribution in [3.63, 3.8) is 0 Å². The Hall–Kier alpha value is -3.90. The summed E-state index contributed by atoms with van der Waals surface area (Å²) in [6.45, 7) is 9.66. The van der Waals surface area contributed by atoms with Crippen LogP contribution in [0.1, 0.15) is 135 Å². The number of nitrogens with one attached hydrogen (secondary N) is 4. The van der Waals surface area contributed by atoms with E-state index in [2.05, 4.69) is 31.2 Å². The first-order valence-corrected chi connectivity index (χ1v) is 19.1. The summed E-state index contributed by atoms with van der Waals surface area (Å²) in [5.41, 5.74) is -0.646. The number of hydrogen-bond donors (Lipinski definition) is 4. The molecule has 13 heteroatoms. The van der Waals surface area contributed by atoms with Crippen molar-refractivity contribution in [1.82, 2.24) is 36.1 Å². The Labute approximate surface area is 302 Å². The number of Topliss-reactive ketones (excluding diaryl/α,β-unsaturated/α-hetero) is 1. The van der Waals surface area contributed by atoms with Crippen molar-refractivity contribution in [2.45, 2.75) is 155 Å². The zero-order chi connectivity index (χ0) is 37.1. The lowest BCUT2D eigenvalue weighted by atomic mass is 9.82. The average molecular weight is 710 g/mol. The molecular formula is C38H59N7O6. The molecule has 2 aliphatic carbocycles. The van der Waals surface area contributed by atoms with Crippen LogP contribution in [0.4, 0.5) is 0 Å². The molecule has 1 aromatic heterocycles. The van der Waals surface area contributed by atoms with Crippen molar-refractivity contribution < 1.29 is 28.8 Å². The van der Waals surface area contributed by atoms with Crippen LogP contribution in [0.25, 0.3) is 0 Å². The van der Waals surface area contributed by atoms with Gasteiger partial charge in [0.15, 0.2) is 0 Å². The highest BCUT2D eigenvalue weighted by Crippen LogP contribution is 2.30. The number of likely N-dealkylation sites (tertiary alicyclic amines) is 1. The fourth-order valence-corrected chi connectivity index (χ4v) is 7.86. The van der Waals surface area contributed by atoms with Crippen LogP contribution < -0.4 is 21.3 Å². The maximum absolute atomic E-state index is 14.3. The zero-order valence-electron chi connectivity index (χ0n) is 31.2. The summed E-state index contributed by atoms with van der Waals surface area (Å²) in [6.07, 6.45) is 15.9. The lowest BCUT2D eigenvalue weighted by Gasteiger charge is -2.37. The minimum Gasteiger partial charge on any atom is -0.347 e. The van der Waals surface area contributed by atoms with Gasteiger partial charge >= 0.3 is 0 Å². The standard InChI is InChI=1S/C38H59N7O6/c1-6-14-27(31(46)36(50)41-24(2)25-15-9-7-10-16-25)42-34(48)29-19-13-22-45(29)37(51)32(38(3,4)5)44-35(49)30(26-17-11-8-12-18-26)43-33(47)28-23-39-20-21-40-28/h20-21,23-27,29-30,32H,6-19,22H2,1-5H3,(H,41,50)(H,42,48)(H,43,47)(H,44,49)/t24-,27-,29-,30-,32+/m0/s1. The fraction of sp³-hybridized carbons (Fsp3) is 0.737. The van der Waals surface area contributed by atoms with E-state index in [-0.39, 0.29) is 17.7 Å². The molecule has 0 bridgehead atoms. The highest BCUT2D eigenvalue weighted by Gasteiger charge is 2.44. The maximum Gasteiger partial charge on any atom is 0.289 e. The lowest BCUT2D eigenvalue weighted by molar-refractivity contribution is -0.145. The molecular weight excluding hydrogens is 650 g/mol. The zero-order valence-corrected chi connectivity index (χ0v) is 31.2. The Morgan fingerprint density at radius 3 is 2.06 bits per heavy atom. The van der Waals surface area contributed by atoms with E-state index < -0.39 is 64.9 Å². The van der Waals surface area contributed by atoms with E-state index >= 15 is 0 Å². The van der Waals surface area contributed by atoms with Gasteiger partial charge in [-0.3, -0.25) is 33.8 Å². The highest BCUT2D eigenvalue weighted by atomic mass is 16.2. The molecule has 51 heavy (non-hydrogen) atoms. The van der Waals surface area contributed by atoms with Crippen LogP contribution in [0.2, 0.25) is 0 Å². The second kappa shape index (κ2) is 18.5. The van der Waals surface area contributed by atoms with E-state index in [4.69, 9.17) is 0 Å². The molecule has 0 unspecified atom stereocenters. The molecule has 1 saturated heterocycles. The molecule has 1 aliphatic heterocycles. The molecule has 0 spiro atoms. The Balaban J connectivity index is 1.46. The number of carbonyl (C=O) groups excluding carboxylic acids is 6. The second-order valence-corrected chi connectivity index (χ2v) is 15.8. The van der Waals surface area contributed by atoms with Crippen molar-refractivity contribution in [1.29, 1.82) is 0 Å². The minimum absolute atomic E-state index is 0.0940. The first kappa shape index (κ1) is 39.9. The molecule has 13 nitrogen and oxygen atoms in total. The smallest absolute Gasteiger partial charge is 0.289 e. The molecule has 5 atom stereocenters. The third kappa shape index (κ3) is 10.8. The number of ketones is 1. The summed E-state index contributed by atoms with van der Waals surface area (Å²) >= 11 is 0. The SMILES string of the molecule is CCC[C@H](NC(=O)[C@@H]1CCCN1C(=O)[C@@H](NC(=O)[C@@H](NC(=O)c1cnccn1)C1CCCCC1)C(C)(C)C)C(=O)C(=O)N[C@@H](C)C1CCCCC1. The van der Waals surface area contributed by atoms with Gasteiger partial charge in [0.05, 0.1) is 12.2 Å². The highest BCUT2D eigenvalue weighted by molar-refractivity contribution is 6.38. The summed E-state index contributed by atoms with van der Waals surface area (Å²) in [4.78, 5) is 91.2. The number of hydrogen-bond acceptors (Lipinski definition) is 8. The average Bonchev–Trinajstić information content (AvgIpc) is 3.63. The van der Waals surface area contributed by atoms with E-state index in [0.717, 1.165) is 57.8 Å². The van der Waals surface area contributed by atoms with E-state index in [1.165, 1.54) is 29.9 Å². The number of rotatable bonds is 14. The van der Waals surface area contributed by atoms with Gasteiger partial charge in [-0.2, -0.15) is 0 Å². The Bertz CT molecular complexity index is 1370. The van der Waals surface area contributed by atoms with Gasteiger partial charge < -0.3 is 26.2 Å². The van der Waals surface area contributed by atoms with Crippen molar-refractivity contribution in [3.05, 3.63) is 24.3 Å². The molecule has 0 radical (unpaired) electrons. The van der Waals surface area contributed by atoms with Gasteiger partial charge in [-0.1, -0.05) is 72.6 Å². The van der Waals surface area contributed by atoms with E-state index in [1.807, 2.05) is 34.6 Å². The van der Waals surface area contributed by atoms with Crippen molar-refractivity contribution in [2.24, 2.45) is 17.3 Å². The normalized spacial score (nSPS) is 21.1. The molecule has 5 amide bonds.